The van der Waals surface area contributed by atoms with Crippen LogP contribution in [0.5, 0.6) is 0 Å². The third kappa shape index (κ3) is 5.75. The molecule has 0 aliphatic heterocycles. The Bertz CT molecular complexity index is 2810. The Labute approximate surface area is 327 Å². The highest BCUT2D eigenvalue weighted by molar-refractivity contribution is 7.19. The van der Waals surface area contributed by atoms with Gasteiger partial charge in [0.15, 0.2) is 13.9 Å². The Balaban J connectivity index is 1.18. The zero-order valence-corrected chi connectivity index (χ0v) is 31.7. The fraction of sp³-hybridized carbons (Fsp3) is 0. The summed E-state index contributed by atoms with van der Waals surface area (Å²) in [6.45, 7) is 0. The van der Waals surface area contributed by atoms with E-state index >= 15 is 0 Å². The lowest BCUT2D eigenvalue weighted by atomic mass is 10.1. The van der Waals surface area contributed by atoms with Crippen molar-refractivity contribution < 1.29 is 0 Å². The van der Waals surface area contributed by atoms with Gasteiger partial charge in [0.05, 0.1) is 22.4 Å². The standard InChI is InChI=1S/C52H37N3Si/c1-5-19-38(20-6-1)48-37-49(39-21-17-23-41(35-39)55-50-33-15-13-31-46(50)47-32-14-16-34-51(47)55)54-52(53-48)40-22-18-30-45(36-40)56(42-24-7-2-8-25-42,43-26-9-3-10-27-43)44-28-11-4-12-29-44/h1-37H. The van der Waals surface area contributed by atoms with Crippen molar-refractivity contribution in [2.75, 3.05) is 0 Å². The number of hydrogen-bond donors (Lipinski definition) is 0. The summed E-state index contributed by atoms with van der Waals surface area (Å²) in [6, 6.07) is 80.7. The van der Waals surface area contributed by atoms with Crippen molar-refractivity contribution in [1.82, 2.24) is 14.5 Å². The second-order valence-corrected chi connectivity index (χ2v) is 18.0. The molecule has 0 atom stereocenters. The maximum Gasteiger partial charge on any atom is 0.179 e. The predicted molar refractivity (Wildman–Crippen MR) is 236 cm³/mol. The van der Waals surface area contributed by atoms with Crippen LogP contribution in [0.25, 0.3) is 61.4 Å². The molecule has 0 bridgehead atoms. The lowest BCUT2D eigenvalue weighted by Crippen LogP contribution is -2.74. The van der Waals surface area contributed by atoms with Crippen LogP contribution >= 0.6 is 0 Å². The van der Waals surface area contributed by atoms with Crippen molar-refractivity contribution in [3.05, 3.63) is 224 Å². The average Bonchev–Trinajstić information content (AvgIpc) is 3.63. The van der Waals surface area contributed by atoms with E-state index in [1.165, 1.54) is 42.6 Å². The molecule has 4 heteroatoms. The third-order valence-electron chi connectivity index (χ3n) is 11.0. The lowest BCUT2D eigenvalue weighted by molar-refractivity contribution is 1.16. The second kappa shape index (κ2) is 14.3. The summed E-state index contributed by atoms with van der Waals surface area (Å²) in [7, 11) is -2.76. The van der Waals surface area contributed by atoms with Crippen molar-refractivity contribution in [3.63, 3.8) is 0 Å². The zero-order chi connectivity index (χ0) is 37.3. The van der Waals surface area contributed by atoms with Gasteiger partial charge >= 0.3 is 0 Å². The maximum atomic E-state index is 5.38. The van der Waals surface area contributed by atoms with Gasteiger partial charge in [0.1, 0.15) is 0 Å². The molecule has 0 aliphatic rings. The van der Waals surface area contributed by atoms with E-state index in [-0.39, 0.29) is 0 Å². The van der Waals surface area contributed by atoms with Crippen molar-refractivity contribution in [2.24, 2.45) is 0 Å². The van der Waals surface area contributed by atoms with Gasteiger partial charge in [-0.2, -0.15) is 0 Å². The van der Waals surface area contributed by atoms with Crippen molar-refractivity contribution >= 4 is 50.6 Å². The molecule has 0 spiro atoms. The minimum atomic E-state index is -2.76. The number of para-hydroxylation sites is 2. The molecule has 0 unspecified atom stereocenters. The van der Waals surface area contributed by atoms with Crippen LogP contribution in [0.3, 0.4) is 0 Å². The zero-order valence-electron chi connectivity index (χ0n) is 30.7. The number of fused-ring (bicyclic) bond motifs is 3. The van der Waals surface area contributed by atoms with Crippen LogP contribution in [0.15, 0.2) is 224 Å². The SMILES string of the molecule is c1ccc(-c2cc(-c3cccc(-n4c5ccccc5c5ccccc54)c3)nc(-c3cccc([Si](c4ccccc4)(c4ccccc4)c4ccccc4)c3)n2)cc1. The first-order valence-corrected chi connectivity index (χ1v) is 21.1. The molecule has 0 N–H and O–H groups in total. The molecule has 0 radical (unpaired) electrons. The van der Waals surface area contributed by atoms with Gasteiger partial charge < -0.3 is 4.57 Å². The van der Waals surface area contributed by atoms with Gasteiger partial charge in [0.2, 0.25) is 0 Å². The Morgan fingerprint density at radius 2 is 0.750 bits per heavy atom. The lowest BCUT2D eigenvalue weighted by Gasteiger charge is -2.34. The fourth-order valence-electron chi connectivity index (χ4n) is 8.44. The molecule has 2 aromatic heterocycles. The van der Waals surface area contributed by atoms with Crippen LogP contribution in [0.1, 0.15) is 0 Å². The minimum Gasteiger partial charge on any atom is -0.309 e. The van der Waals surface area contributed by atoms with E-state index in [1.807, 2.05) is 6.07 Å². The fourth-order valence-corrected chi connectivity index (χ4v) is 13.2. The molecular formula is C52H37N3Si. The molecule has 0 saturated heterocycles. The smallest absolute Gasteiger partial charge is 0.179 e. The van der Waals surface area contributed by atoms with Gasteiger partial charge in [-0.05, 0) is 51.1 Å². The minimum absolute atomic E-state index is 0.697. The van der Waals surface area contributed by atoms with E-state index in [2.05, 4.69) is 223 Å². The molecule has 2 heterocycles. The largest absolute Gasteiger partial charge is 0.309 e. The molecule has 0 fully saturated rings. The highest BCUT2D eigenvalue weighted by atomic mass is 28.3. The molecule has 0 amide bonds. The Morgan fingerprint density at radius 1 is 0.321 bits per heavy atom. The summed E-state index contributed by atoms with van der Waals surface area (Å²) < 4.78 is 2.36. The summed E-state index contributed by atoms with van der Waals surface area (Å²) in [5.41, 5.74) is 8.28. The van der Waals surface area contributed by atoms with E-state index in [4.69, 9.17) is 9.97 Å². The number of benzene rings is 8. The summed E-state index contributed by atoms with van der Waals surface area (Å²) in [6.07, 6.45) is 0. The highest BCUT2D eigenvalue weighted by Gasteiger charge is 2.41. The Kier molecular flexibility index (Phi) is 8.51. The number of rotatable bonds is 8. The first-order chi connectivity index (χ1) is 27.8. The van der Waals surface area contributed by atoms with E-state index in [9.17, 15) is 0 Å². The van der Waals surface area contributed by atoms with E-state index in [0.29, 0.717) is 5.82 Å². The van der Waals surface area contributed by atoms with Gasteiger partial charge in [-0.1, -0.05) is 194 Å². The van der Waals surface area contributed by atoms with Gasteiger partial charge in [-0.3, -0.25) is 0 Å². The number of hydrogen-bond acceptors (Lipinski definition) is 2. The van der Waals surface area contributed by atoms with Crippen molar-refractivity contribution in [1.29, 1.82) is 0 Å². The van der Waals surface area contributed by atoms with Gasteiger partial charge in [-0.25, -0.2) is 9.97 Å². The first kappa shape index (κ1) is 33.4. The second-order valence-electron chi connectivity index (χ2n) is 14.2. The van der Waals surface area contributed by atoms with Crippen LogP contribution in [0.2, 0.25) is 0 Å². The maximum absolute atomic E-state index is 5.38. The topological polar surface area (TPSA) is 30.7 Å². The van der Waals surface area contributed by atoms with Crippen molar-refractivity contribution in [3.8, 4) is 39.6 Å². The normalized spacial score (nSPS) is 11.6. The third-order valence-corrected chi connectivity index (χ3v) is 15.7. The molecule has 3 nitrogen and oxygen atoms in total. The van der Waals surface area contributed by atoms with Crippen LogP contribution in [0, 0.1) is 0 Å². The first-order valence-electron chi connectivity index (χ1n) is 19.1. The summed E-state index contributed by atoms with van der Waals surface area (Å²) in [5.74, 6) is 0.697. The number of nitrogens with zero attached hydrogens (tertiary/aromatic N) is 3. The Hall–Kier alpha value is -7.14. The van der Waals surface area contributed by atoms with Crippen LogP contribution in [0.4, 0.5) is 0 Å². The molecule has 0 aliphatic carbocycles. The van der Waals surface area contributed by atoms with Crippen LogP contribution in [-0.2, 0) is 0 Å². The quantitative estimate of drug-likeness (QED) is 0.115. The van der Waals surface area contributed by atoms with Gasteiger partial charge in [-0.15, -0.1) is 0 Å². The van der Waals surface area contributed by atoms with E-state index in [0.717, 1.165) is 33.8 Å². The summed E-state index contributed by atoms with van der Waals surface area (Å²) in [4.78, 5) is 10.7. The van der Waals surface area contributed by atoms with Gasteiger partial charge in [0, 0.05) is 33.2 Å². The average molecular weight is 732 g/mol. The predicted octanol–water partition coefficient (Wildman–Crippen LogP) is 9.95. The molecule has 0 saturated carbocycles. The summed E-state index contributed by atoms with van der Waals surface area (Å²) in [5, 5.41) is 7.75. The van der Waals surface area contributed by atoms with E-state index in [1.54, 1.807) is 0 Å². The van der Waals surface area contributed by atoms with Gasteiger partial charge in [0.25, 0.3) is 0 Å². The molecular weight excluding hydrogens is 695 g/mol. The highest BCUT2D eigenvalue weighted by Crippen LogP contribution is 2.34. The molecule has 10 aromatic rings. The van der Waals surface area contributed by atoms with Crippen LogP contribution < -0.4 is 20.7 Å². The molecule has 56 heavy (non-hydrogen) atoms. The molecule has 8 aromatic carbocycles. The molecule has 264 valence electrons. The summed E-state index contributed by atoms with van der Waals surface area (Å²) >= 11 is 0. The number of aromatic nitrogens is 3. The molecule has 10 rings (SSSR count). The Morgan fingerprint density at radius 3 is 1.32 bits per heavy atom. The van der Waals surface area contributed by atoms with Crippen molar-refractivity contribution in [2.45, 2.75) is 0 Å². The van der Waals surface area contributed by atoms with E-state index < -0.39 is 8.07 Å². The van der Waals surface area contributed by atoms with Crippen LogP contribution in [-0.4, -0.2) is 22.6 Å². The monoisotopic (exact) mass is 731 g/mol.